The molecule has 4 nitrogen and oxygen atoms in total. The van der Waals surface area contributed by atoms with E-state index in [1.165, 1.54) is 0 Å². The molecule has 1 fully saturated rings. The van der Waals surface area contributed by atoms with Gasteiger partial charge in [0, 0.05) is 19.7 Å². The summed E-state index contributed by atoms with van der Waals surface area (Å²) in [6, 6.07) is 7.13. The van der Waals surface area contributed by atoms with Gasteiger partial charge in [0.1, 0.15) is 0 Å². The van der Waals surface area contributed by atoms with Crippen molar-refractivity contribution in [1.82, 2.24) is 4.90 Å². The zero-order valence-electron chi connectivity index (χ0n) is 15.4. The van der Waals surface area contributed by atoms with E-state index in [0.29, 0.717) is 17.4 Å². The lowest BCUT2D eigenvalue weighted by Gasteiger charge is -2.37. The average Bonchev–Trinajstić information content (AvgIpc) is 2.51. The Morgan fingerprint density at radius 2 is 1.92 bits per heavy atom. The molecule has 1 aliphatic rings. The first-order valence-electron chi connectivity index (χ1n) is 8.87. The van der Waals surface area contributed by atoms with Crippen LogP contribution >= 0.6 is 0 Å². The molecular weight excluding hydrogens is 322 g/mol. The van der Waals surface area contributed by atoms with Crippen LogP contribution in [0.25, 0.3) is 0 Å². The lowest BCUT2D eigenvalue weighted by atomic mass is 9.88. The monoisotopic (exact) mass is 353 g/mol. The molecule has 1 aliphatic heterocycles. The molecule has 0 bridgehead atoms. The molecule has 1 saturated heterocycles. The van der Waals surface area contributed by atoms with Crippen molar-refractivity contribution in [2.45, 2.75) is 51.0 Å². The third-order valence-electron chi connectivity index (χ3n) is 4.82. The van der Waals surface area contributed by atoms with Gasteiger partial charge in [-0.2, -0.15) is 0 Å². The molecule has 1 unspecified atom stereocenters. The third kappa shape index (κ3) is 5.57. The van der Waals surface area contributed by atoms with E-state index >= 15 is 0 Å². The SMILES string of the molecule is CCN(CCS(=O)(=O)c1ccc(C)cc1)CC1CCOC(C)(C)C1. The minimum atomic E-state index is -3.21. The molecule has 2 rings (SSSR count). The van der Waals surface area contributed by atoms with E-state index in [0.717, 1.165) is 38.1 Å². The fraction of sp³-hybridized carbons (Fsp3) is 0.684. The maximum Gasteiger partial charge on any atom is 0.179 e. The van der Waals surface area contributed by atoms with Gasteiger partial charge < -0.3 is 9.64 Å². The highest BCUT2D eigenvalue weighted by Gasteiger charge is 2.29. The Hall–Kier alpha value is -0.910. The van der Waals surface area contributed by atoms with Crippen LogP contribution in [0.15, 0.2) is 29.2 Å². The van der Waals surface area contributed by atoms with E-state index < -0.39 is 9.84 Å². The van der Waals surface area contributed by atoms with Gasteiger partial charge in [-0.3, -0.25) is 0 Å². The summed E-state index contributed by atoms with van der Waals surface area (Å²) in [6.07, 6.45) is 2.10. The molecule has 136 valence electrons. The first-order valence-corrected chi connectivity index (χ1v) is 10.5. The van der Waals surface area contributed by atoms with Gasteiger partial charge in [-0.1, -0.05) is 24.6 Å². The lowest BCUT2D eigenvalue weighted by Crippen LogP contribution is -2.40. The molecule has 1 atom stereocenters. The van der Waals surface area contributed by atoms with Gasteiger partial charge in [0.05, 0.1) is 16.2 Å². The van der Waals surface area contributed by atoms with Crippen LogP contribution in [0.5, 0.6) is 0 Å². The fourth-order valence-electron chi connectivity index (χ4n) is 3.37. The molecule has 1 aromatic carbocycles. The third-order valence-corrected chi connectivity index (χ3v) is 6.53. The van der Waals surface area contributed by atoms with Gasteiger partial charge in [-0.15, -0.1) is 0 Å². The highest BCUT2D eigenvalue weighted by molar-refractivity contribution is 7.91. The summed E-state index contributed by atoms with van der Waals surface area (Å²) in [4.78, 5) is 2.69. The van der Waals surface area contributed by atoms with Gasteiger partial charge in [0.25, 0.3) is 0 Å². The highest BCUT2D eigenvalue weighted by atomic mass is 32.2. The Labute approximate surface area is 147 Å². The Balaban J connectivity index is 1.92. The zero-order valence-corrected chi connectivity index (χ0v) is 16.2. The highest BCUT2D eigenvalue weighted by Crippen LogP contribution is 2.29. The predicted molar refractivity (Wildman–Crippen MR) is 98.1 cm³/mol. The van der Waals surface area contributed by atoms with E-state index in [-0.39, 0.29) is 11.4 Å². The molecule has 1 heterocycles. The van der Waals surface area contributed by atoms with Crippen molar-refractivity contribution >= 4 is 9.84 Å². The molecule has 0 saturated carbocycles. The summed E-state index contributed by atoms with van der Waals surface area (Å²) in [5.74, 6) is 0.757. The van der Waals surface area contributed by atoms with Gasteiger partial charge >= 0.3 is 0 Å². The number of benzene rings is 1. The smallest absolute Gasteiger partial charge is 0.179 e. The van der Waals surface area contributed by atoms with Crippen LogP contribution in [0.3, 0.4) is 0 Å². The maximum absolute atomic E-state index is 12.5. The molecule has 0 amide bonds. The van der Waals surface area contributed by atoms with Crippen molar-refractivity contribution in [3.05, 3.63) is 29.8 Å². The Morgan fingerprint density at radius 1 is 1.25 bits per heavy atom. The van der Waals surface area contributed by atoms with Crippen molar-refractivity contribution in [3.8, 4) is 0 Å². The summed E-state index contributed by atoms with van der Waals surface area (Å²) < 4.78 is 30.8. The number of sulfone groups is 1. The van der Waals surface area contributed by atoms with E-state index in [1.807, 2.05) is 19.1 Å². The fourth-order valence-corrected chi connectivity index (χ4v) is 4.66. The second kappa shape index (κ2) is 7.98. The van der Waals surface area contributed by atoms with Crippen molar-refractivity contribution in [2.75, 3.05) is 32.0 Å². The van der Waals surface area contributed by atoms with Crippen LogP contribution < -0.4 is 0 Å². The van der Waals surface area contributed by atoms with Crippen LogP contribution in [0.2, 0.25) is 0 Å². The van der Waals surface area contributed by atoms with E-state index in [9.17, 15) is 8.42 Å². The Bertz CT molecular complexity index is 623. The molecule has 0 N–H and O–H groups in total. The Morgan fingerprint density at radius 3 is 2.50 bits per heavy atom. The molecule has 24 heavy (non-hydrogen) atoms. The number of aryl methyl sites for hydroxylation is 1. The summed E-state index contributed by atoms with van der Waals surface area (Å²) in [5.41, 5.74) is 1.02. The number of hydrogen-bond donors (Lipinski definition) is 0. The molecule has 0 spiro atoms. The minimum absolute atomic E-state index is 0.0592. The van der Waals surface area contributed by atoms with Crippen molar-refractivity contribution in [1.29, 1.82) is 0 Å². The Kier molecular flexibility index (Phi) is 6.46. The predicted octanol–water partition coefficient (Wildman–Crippen LogP) is 3.30. The average molecular weight is 354 g/mol. The van der Waals surface area contributed by atoms with Crippen molar-refractivity contribution in [2.24, 2.45) is 5.92 Å². The largest absolute Gasteiger partial charge is 0.376 e. The zero-order chi connectivity index (χ0) is 17.8. The molecule has 1 aromatic rings. The number of hydrogen-bond acceptors (Lipinski definition) is 4. The summed E-state index contributed by atoms with van der Waals surface area (Å²) in [5, 5.41) is 0. The van der Waals surface area contributed by atoms with E-state index in [1.54, 1.807) is 12.1 Å². The summed E-state index contributed by atoms with van der Waals surface area (Å²) in [7, 11) is -3.21. The van der Waals surface area contributed by atoms with Crippen LogP contribution in [0, 0.1) is 12.8 Å². The molecule has 0 aliphatic carbocycles. The second-order valence-electron chi connectivity index (χ2n) is 7.49. The summed E-state index contributed by atoms with van der Waals surface area (Å²) >= 11 is 0. The second-order valence-corrected chi connectivity index (χ2v) is 9.60. The standard InChI is InChI=1S/C19H31NO3S/c1-5-20(15-17-10-12-23-19(3,4)14-17)11-13-24(21,22)18-8-6-16(2)7-9-18/h6-9,17H,5,10-15H2,1-4H3. The normalized spacial score (nSPS) is 21.1. The van der Waals surface area contributed by atoms with Gasteiger partial charge in [-0.05, 0) is 58.2 Å². The lowest BCUT2D eigenvalue weighted by molar-refractivity contribution is -0.0764. The van der Waals surface area contributed by atoms with Crippen LogP contribution in [0.1, 0.15) is 39.2 Å². The van der Waals surface area contributed by atoms with Crippen LogP contribution in [-0.4, -0.2) is 50.9 Å². The van der Waals surface area contributed by atoms with E-state index in [2.05, 4.69) is 25.7 Å². The van der Waals surface area contributed by atoms with Gasteiger partial charge in [0.15, 0.2) is 9.84 Å². The number of ether oxygens (including phenoxy) is 1. The number of nitrogens with zero attached hydrogens (tertiary/aromatic N) is 1. The molecule has 0 aromatic heterocycles. The van der Waals surface area contributed by atoms with Crippen LogP contribution in [-0.2, 0) is 14.6 Å². The first kappa shape index (κ1) is 19.4. The van der Waals surface area contributed by atoms with E-state index in [4.69, 9.17) is 4.74 Å². The van der Waals surface area contributed by atoms with Crippen LogP contribution in [0.4, 0.5) is 0 Å². The quantitative estimate of drug-likeness (QED) is 0.755. The number of rotatable bonds is 7. The van der Waals surface area contributed by atoms with Gasteiger partial charge in [-0.25, -0.2) is 8.42 Å². The van der Waals surface area contributed by atoms with Crippen molar-refractivity contribution < 1.29 is 13.2 Å². The van der Waals surface area contributed by atoms with Crippen molar-refractivity contribution in [3.63, 3.8) is 0 Å². The summed E-state index contributed by atoms with van der Waals surface area (Å²) in [6.45, 7) is 11.6. The molecular formula is C19H31NO3S. The molecule has 5 heteroatoms. The molecule has 0 radical (unpaired) electrons. The minimum Gasteiger partial charge on any atom is -0.376 e. The maximum atomic E-state index is 12.5. The van der Waals surface area contributed by atoms with Gasteiger partial charge in [0.2, 0.25) is 0 Å². The topological polar surface area (TPSA) is 46.6 Å². The first-order chi connectivity index (χ1) is 11.2.